The Kier molecular flexibility index (Phi) is 5.32. The Hall–Kier alpha value is -3.22. The summed E-state index contributed by atoms with van der Waals surface area (Å²) in [5.41, 5.74) is 2.13. The van der Waals surface area contributed by atoms with Gasteiger partial charge < -0.3 is 14.4 Å². The molecule has 1 amide bonds. The molecule has 0 saturated carbocycles. The molecule has 1 saturated heterocycles. The molecule has 2 aromatic heterocycles. The van der Waals surface area contributed by atoms with Crippen LogP contribution in [-0.4, -0.2) is 56.5 Å². The Bertz CT molecular complexity index is 911. The summed E-state index contributed by atoms with van der Waals surface area (Å²) in [6, 6.07) is 10.4. The molecule has 7 heteroatoms. The van der Waals surface area contributed by atoms with Gasteiger partial charge in [0.05, 0.1) is 5.69 Å². The first-order valence-electron chi connectivity index (χ1n) is 9.52. The number of hydrogen-bond acceptors (Lipinski definition) is 5. The fraction of sp³-hybridized carbons (Fsp3) is 0.333. The molecule has 4 rings (SSSR count). The molecule has 28 heavy (non-hydrogen) atoms. The highest BCUT2D eigenvalue weighted by Gasteiger charge is 2.28. The van der Waals surface area contributed by atoms with E-state index in [0.717, 1.165) is 25.2 Å². The summed E-state index contributed by atoms with van der Waals surface area (Å²) in [7, 11) is 1.85. The van der Waals surface area contributed by atoms with Gasteiger partial charge in [-0.15, -0.1) is 0 Å². The van der Waals surface area contributed by atoms with Gasteiger partial charge in [-0.05, 0) is 24.5 Å². The zero-order valence-corrected chi connectivity index (χ0v) is 16.0. The van der Waals surface area contributed by atoms with Crippen LogP contribution in [0.4, 0.5) is 5.69 Å². The zero-order valence-electron chi connectivity index (χ0n) is 16.0. The number of carbonyl (C=O) groups excluding carboxylic acids is 1. The first-order chi connectivity index (χ1) is 13.7. The van der Waals surface area contributed by atoms with Crippen LogP contribution in [0.3, 0.4) is 0 Å². The molecular formula is C21H24N6O. The van der Waals surface area contributed by atoms with Gasteiger partial charge in [0.25, 0.3) is 5.91 Å². The third kappa shape index (κ3) is 4.03. The van der Waals surface area contributed by atoms with E-state index < -0.39 is 0 Å². The van der Waals surface area contributed by atoms with Crippen LogP contribution in [0.2, 0.25) is 0 Å². The third-order valence-corrected chi connectivity index (χ3v) is 5.13. The maximum Gasteiger partial charge on any atom is 0.289 e. The highest BCUT2D eigenvalue weighted by molar-refractivity contribution is 5.90. The van der Waals surface area contributed by atoms with E-state index >= 15 is 0 Å². The maximum absolute atomic E-state index is 13.1. The van der Waals surface area contributed by atoms with Crippen molar-refractivity contribution in [2.45, 2.75) is 6.42 Å². The second-order valence-electron chi connectivity index (χ2n) is 7.16. The summed E-state index contributed by atoms with van der Waals surface area (Å²) in [5.74, 6) is 0.710. The molecule has 0 aliphatic carbocycles. The number of aromatic nitrogens is 4. The normalized spacial score (nSPS) is 17.4. The molecule has 1 aliphatic rings. The summed E-state index contributed by atoms with van der Waals surface area (Å²) in [6.45, 7) is 2.99. The molecule has 0 bridgehead atoms. The minimum atomic E-state index is -0.0217. The topological polar surface area (TPSA) is 67.2 Å². The number of anilines is 1. The predicted molar refractivity (Wildman–Crippen MR) is 107 cm³/mol. The first-order valence-corrected chi connectivity index (χ1v) is 9.52. The number of nitrogens with zero attached hydrogens (tertiary/aromatic N) is 6. The molecular weight excluding hydrogens is 352 g/mol. The maximum atomic E-state index is 13.1. The van der Waals surface area contributed by atoms with E-state index in [-0.39, 0.29) is 11.8 Å². The molecule has 1 aromatic carbocycles. The molecule has 144 valence electrons. The fourth-order valence-electron chi connectivity index (χ4n) is 3.74. The smallest absolute Gasteiger partial charge is 0.289 e. The quantitative estimate of drug-likeness (QED) is 0.697. The van der Waals surface area contributed by atoms with E-state index in [0.29, 0.717) is 18.9 Å². The summed E-state index contributed by atoms with van der Waals surface area (Å²) in [4.78, 5) is 30.2. The van der Waals surface area contributed by atoms with Gasteiger partial charge in [0.2, 0.25) is 0 Å². The third-order valence-electron chi connectivity index (χ3n) is 5.13. The lowest BCUT2D eigenvalue weighted by molar-refractivity contribution is 0.0731. The number of para-hydroxylation sites is 1. The van der Waals surface area contributed by atoms with Crippen LogP contribution >= 0.6 is 0 Å². The van der Waals surface area contributed by atoms with Crippen LogP contribution in [0.5, 0.6) is 0 Å². The minimum absolute atomic E-state index is 0.0217. The van der Waals surface area contributed by atoms with Crippen molar-refractivity contribution >= 4 is 11.6 Å². The van der Waals surface area contributed by atoms with Crippen LogP contribution < -0.4 is 4.90 Å². The van der Waals surface area contributed by atoms with Gasteiger partial charge in [-0.2, -0.15) is 0 Å². The van der Waals surface area contributed by atoms with Crippen LogP contribution in [0.1, 0.15) is 16.3 Å². The molecule has 0 radical (unpaired) electrons. The van der Waals surface area contributed by atoms with Crippen LogP contribution in [0, 0.1) is 5.92 Å². The van der Waals surface area contributed by atoms with Gasteiger partial charge in [0.15, 0.2) is 5.82 Å². The van der Waals surface area contributed by atoms with Crippen LogP contribution in [0.15, 0.2) is 61.3 Å². The molecule has 3 heterocycles. The molecule has 0 spiro atoms. The second-order valence-corrected chi connectivity index (χ2v) is 7.16. The van der Waals surface area contributed by atoms with E-state index in [9.17, 15) is 4.79 Å². The summed E-state index contributed by atoms with van der Waals surface area (Å²) in [5, 5.41) is 0. The van der Waals surface area contributed by atoms with Crippen molar-refractivity contribution in [3.05, 3.63) is 72.8 Å². The monoisotopic (exact) mass is 376 g/mol. The average Bonchev–Trinajstić information content (AvgIpc) is 3.04. The summed E-state index contributed by atoms with van der Waals surface area (Å²) in [6.07, 6.45) is 9.46. The number of aryl methyl sites for hydroxylation is 1. The van der Waals surface area contributed by atoms with E-state index in [1.807, 2.05) is 24.2 Å². The van der Waals surface area contributed by atoms with Crippen LogP contribution in [0.25, 0.3) is 0 Å². The first kappa shape index (κ1) is 18.2. The van der Waals surface area contributed by atoms with E-state index in [2.05, 4.69) is 44.1 Å². The lowest BCUT2D eigenvalue weighted by Crippen LogP contribution is -2.37. The predicted octanol–water partition coefficient (Wildman–Crippen LogP) is 2.03. The minimum Gasteiger partial charge on any atom is -0.369 e. The number of amides is 1. The number of imidazole rings is 1. The zero-order chi connectivity index (χ0) is 19.3. The van der Waals surface area contributed by atoms with Gasteiger partial charge in [0.1, 0.15) is 0 Å². The Morgan fingerprint density at radius 2 is 1.93 bits per heavy atom. The van der Waals surface area contributed by atoms with Crippen molar-refractivity contribution < 1.29 is 4.79 Å². The lowest BCUT2D eigenvalue weighted by Gasteiger charge is -2.25. The van der Waals surface area contributed by atoms with Crippen molar-refractivity contribution in [1.29, 1.82) is 0 Å². The van der Waals surface area contributed by atoms with Gasteiger partial charge >= 0.3 is 0 Å². The van der Waals surface area contributed by atoms with E-state index in [4.69, 9.17) is 0 Å². The molecule has 1 fully saturated rings. The Morgan fingerprint density at radius 1 is 1.07 bits per heavy atom. The van der Waals surface area contributed by atoms with Crippen molar-refractivity contribution in [2.24, 2.45) is 13.0 Å². The van der Waals surface area contributed by atoms with E-state index in [1.54, 1.807) is 29.4 Å². The van der Waals surface area contributed by atoms with Crippen molar-refractivity contribution in [3.8, 4) is 0 Å². The highest BCUT2D eigenvalue weighted by atomic mass is 16.2. The van der Waals surface area contributed by atoms with Gasteiger partial charge in [-0.25, -0.2) is 4.98 Å². The second kappa shape index (κ2) is 8.21. The van der Waals surface area contributed by atoms with Gasteiger partial charge in [-0.3, -0.25) is 14.8 Å². The number of carbonyl (C=O) groups is 1. The van der Waals surface area contributed by atoms with Crippen molar-refractivity contribution in [1.82, 2.24) is 24.4 Å². The SMILES string of the molecule is Cn1ccnc1C(=O)N1CCN(c2ccccc2)C[C@H](Cc2cnccn2)C1. The number of rotatable bonds is 4. The molecule has 0 unspecified atom stereocenters. The summed E-state index contributed by atoms with van der Waals surface area (Å²) >= 11 is 0. The number of benzene rings is 1. The van der Waals surface area contributed by atoms with Gasteiger partial charge in [0, 0.05) is 69.9 Å². The number of hydrogen-bond donors (Lipinski definition) is 0. The fourth-order valence-corrected chi connectivity index (χ4v) is 3.74. The molecule has 0 N–H and O–H groups in total. The average molecular weight is 376 g/mol. The van der Waals surface area contributed by atoms with E-state index in [1.165, 1.54) is 5.69 Å². The molecule has 1 atom stereocenters. The Labute approximate surface area is 164 Å². The lowest BCUT2D eigenvalue weighted by atomic mass is 10.0. The standard InChI is InChI=1S/C21H24N6O/c1-25-10-9-24-20(25)21(28)27-12-11-26(19-5-3-2-4-6-19)15-17(16-27)13-18-14-22-7-8-23-18/h2-10,14,17H,11-13,15-16H2,1H3/t17-/m0/s1. The van der Waals surface area contributed by atoms with Crippen LogP contribution in [-0.2, 0) is 13.5 Å². The highest BCUT2D eigenvalue weighted by Crippen LogP contribution is 2.21. The summed E-state index contributed by atoms with van der Waals surface area (Å²) < 4.78 is 1.78. The van der Waals surface area contributed by atoms with Gasteiger partial charge in [-0.1, -0.05) is 18.2 Å². The largest absolute Gasteiger partial charge is 0.369 e. The van der Waals surface area contributed by atoms with Crippen molar-refractivity contribution in [2.75, 3.05) is 31.1 Å². The molecule has 7 nitrogen and oxygen atoms in total. The Balaban J connectivity index is 1.58. The molecule has 1 aliphatic heterocycles. The van der Waals surface area contributed by atoms with Crippen molar-refractivity contribution in [3.63, 3.8) is 0 Å². The molecule has 3 aromatic rings. The Morgan fingerprint density at radius 3 is 2.64 bits per heavy atom.